The molecule has 1 aliphatic rings. The van der Waals surface area contributed by atoms with Crippen LogP contribution in [0.4, 0.5) is 11.4 Å². The van der Waals surface area contributed by atoms with E-state index in [1.807, 2.05) is 0 Å². The van der Waals surface area contributed by atoms with Gasteiger partial charge < -0.3 is 16.0 Å². The molecule has 0 unspecified atom stereocenters. The number of rotatable bonds is 4. The molecular formula is C18H15Cl2N3O3. The smallest absolute Gasteiger partial charge is 0.248 e. The van der Waals surface area contributed by atoms with Crippen LogP contribution in [0.5, 0.6) is 0 Å². The predicted octanol–water partition coefficient (Wildman–Crippen LogP) is 3.08. The third-order valence-electron chi connectivity index (χ3n) is 4.09. The summed E-state index contributed by atoms with van der Waals surface area (Å²) in [4.78, 5) is 37.3. The van der Waals surface area contributed by atoms with Gasteiger partial charge in [-0.3, -0.25) is 14.4 Å². The quantitative estimate of drug-likeness (QED) is 0.838. The van der Waals surface area contributed by atoms with Crippen molar-refractivity contribution >= 4 is 52.3 Å². The van der Waals surface area contributed by atoms with Crippen LogP contribution in [0.1, 0.15) is 16.8 Å². The first-order valence-electron chi connectivity index (χ1n) is 7.80. The summed E-state index contributed by atoms with van der Waals surface area (Å²) >= 11 is 12.0. The Bertz CT molecular complexity index is 864. The predicted molar refractivity (Wildman–Crippen MR) is 101 cm³/mol. The maximum absolute atomic E-state index is 12.5. The van der Waals surface area contributed by atoms with E-state index >= 15 is 0 Å². The third kappa shape index (κ3) is 3.98. The molecule has 0 bridgehead atoms. The van der Waals surface area contributed by atoms with Crippen molar-refractivity contribution in [2.24, 2.45) is 11.7 Å². The van der Waals surface area contributed by atoms with Crippen LogP contribution in [-0.4, -0.2) is 24.3 Å². The van der Waals surface area contributed by atoms with Gasteiger partial charge in [0.15, 0.2) is 0 Å². The highest BCUT2D eigenvalue weighted by atomic mass is 35.5. The van der Waals surface area contributed by atoms with Crippen molar-refractivity contribution in [3.63, 3.8) is 0 Å². The van der Waals surface area contributed by atoms with E-state index in [1.54, 1.807) is 30.3 Å². The number of halogens is 2. The fraction of sp³-hybridized carbons (Fsp3) is 0.167. The van der Waals surface area contributed by atoms with Gasteiger partial charge >= 0.3 is 0 Å². The lowest BCUT2D eigenvalue weighted by atomic mass is 10.1. The minimum atomic E-state index is -0.542. The second-order valence-electron chi connectivity index (χ2n) is 5.96. The van der Waals surface area contributed by atoms with E-state index in [9.17, 15) is 14.4 Å². The van der Waals surface area contributed by atoms with Crippen molar-refractivity contribution in [3.05, 3.63) is 58.1 Å². The van der Waals surface area contributed by atoms with Crippen molar-refractivity contribution in [1.29, 1.82) is 0 Å². The van der Waals surface area contributed by atoms with Crippen molar-refractivity contribution in [1.82, 2.24) is 0 Å². The highest BCUT2D eigenvalue weighted by Gasteiger charge is 2.35. The Labute approximate surface area is 159 Å². The molecule has 2 aromatic carbocycles. The molecule has 0 radical (unpaired) electrons. The number of nitrogens with zero attached hydrogens (tertiary/aromatic N) is 1. The Hall–Kier alpha value is -2.57. The van der Waals surface area contributed by atoms with Gasteiger partial charge in [-0.1, -0.05) is 23.2 Å². The summed E-state index contributed by atoms with van der Waals surface area (Å²) < 4.78 is 0. The molecule has 1 atom stereocenters. The van der Waals surface area contributed by atoms with Crippen molar-refractivity contribution < 1.29 is 14.4 Å². The van der Waals surface area contributed by atoms with E-state index < -0.39 is 11.8 Å². The van der Waals surface area contributed by atoms with Gasteiger partial charge in [-0.15, -0.1) is 0 Å². The number of hydrogen-bond donors (Lipinski definition) is 2. The van der Waals surface area contributed by atoms with Crippen LogP contribution in [0, 0.1) is 5.92 Å². The molecule has 3 rings (SSSR count). The summed E-state index contributed by atoms with van der Waals surface area (Å²) in [6, 6.07) is 11.1. The number of benzene rings is 2. The minimum Gasteiger partial charge on any atom is -0.366 e. The van der Waals surface area contributed by atoms with Gasteiger partial charge in [-0.25, -0.2) is 0 Å². The molecule has 1 heterocycles. The molecule has 134 valence electrons. The molecule has 0 saturated carbocycles. The molecular weight excluding hydrogens is 377 g/mol. The summed E-state index contributed by atoms with van der Waals surface area (Å²) in [6.45, 7) is 0.237. The number of nitrogens with two attached hydrogens (primary N) is 1. The standard InChI is InChI=1S/C18H15Cl2N3O3/c19-12-6-13(20)8-15(7-12)23-9-11(5-16(23)24)18(26)22-14-3-1-10(2-4-14)17(21)25/h1-4,6-8,11H,5,9H2,(H2,21,25)(H,22,26)/t11-/m0/s1. The van der Waals surface area contributed by atoms with Gasteiger partial charge in [0.1, 0.15) is 0 Å². The second kappa shape index (κ2) is 7.35. The zero-order chi connectivity index (χ0) is 18.8. The van der Waals surface area contributed by atoms with Crippen LogP contribution in [0.25, 0.3) is 0 Å². The topological polar surface area (TPSA) is 92.5 Å². The van der Waals surface area contributed by atoms with E-state index in [-0.39, 0.29) is 24.8 Å². The molecule has 3 N–H and O–H groups in total. The fourth-order valence-electron chi connectivity index (χ4n) is 2.79. The average Bonchev–Trinajstić information content (AvgIpc) is 2.96. The molecule has 26 heavy (non-hydrogen) atoms. The number of hydrogen-bond acceptors (Lipinski definition) is 3. The number of anilines is 2. The summed E-state index contributed by atoms with van der Waals surface area (Å²) in [5.41, 5.74) is 6.62. The largest absolute Gasteiger partial charge is 0.366 e. The molecule has 0 spiro atoms. The van der Waals surface area contributed by atoms with Gasteiger partial charge in [-0.05, 0) is 42.5 Å². The maximum atomic E-state index is 12.5. The molecule has 6 nitrogen and oxygen atoms in total. The second-order valence-corrected chi connectivity index (χ2v) is 6.84. The Morgan fingerprint density at radius 3 is 2.27 bits per heavy atom. The van der Waals surface area contributed by atoms with Crippen molar-refractivity contribution in [3.8, 4) is 0 Å². The monoisotopic (exact) mass is 391 g/mol. The normalized spacial score (nSPS) is 16.6. The van der Waals surface area contributed by atoms with Gasteiger partial charge in [0, 0.05) is 39.9 Å². The fourth-order valence-corrected chi connectivity index (χ4v) is 3.30. The third-order valence-corrected chi connectivity index (χ3v) is 4.53. The van der Waals surface area contributed by atoms with Gasteiger partial charge in [0.2, 0.25) is 17.7 Å². The number of carbonyl (C=O) groups is 3. The molecule has 2 aromatic rings. The molecule has 8 heteroatoms. The van der Waals surface area contributed by atoms with Crippen LogP contribution in [0.15, 0.2) is 42.5 Å². The summed E-state index contributed by atoms with van der Waals surface area (Å²) in [5, 5.41) is 3.58. The lowest BCUT2D eigenvalue weighted by molar-refractivity contribution is -0.122. The van der Waals surface area contributed by atoms with E-state index in [1.165, 1.54) is 17.0 Å². The van der Waals surface area contributed by atoms with Crippen LogP contribution in [0.2, 0.25) is 10.0 Å². The lowest BCUT2D eigenvalue weighted by Crippen LogP contribution is -2.28. The van der Waals surface area contributed by atoms with Crippen molar-refractivity contribution in [2.45, 2.75) is 6.42 Å². The SMILES string of the molecule is NC(=O)c1ccc(NC(=O)[C@H]2CC(=O)N(c3cc(Cl)cc(Cl)c3)C2)cc1. The highest BCUT2D eigenvalue weighted by Crippen LogP contribution is 2.30. The Balaban J connectivity index is 1.69. The molecule has 1 saturated heterocycles. The van der Waals surface area contributed by atoms with E-state index in [0.29, 0.717) is 27.0 Å². The highest BCUT2D eigenvalue weighted by molar-refractivity contribution is 6.35. The molecule has 0 aromatic heterocycles. The van der Waals surface area contributed by atoms with E-state index in [4.69, 9.17) is 28.9 Å². The van der Waals surface area contributed by atoms with Gasteiger partial charge in [0.25, 0.3) is 0 Å². The van der Waals surface area contributed by atoms with Crippen LogP contribution < -0.4 is 16.0 Å². The number of amides is 3. The number of primary amides is 1. The van der Waals surface area contributed by atoms with Gasteiger partial charge in [-0.2, -0.15) is 0 Å². The van der Waals surface area contributed by atoms with Crippen LogP contribution in [-0.2, 0) is 9.59 Å². The van der Waals surface area contributed by atoms with Crippen molar-refractivity contribution in [2.75, 3.05) is 16.8 Å². The molecule has 1 aliphatic heterocycles. The Morgan fingerprint density at radius 1 is 1.08 bits per heavy atom. The zero-order valence-corrected chi connectivity index (χ0v) is 15.1. The molecule has 1 fully saturated rings. The Kier molecular flexibility index (Phi) is 5.15. The van der Waals surface area contributed by atoms with Crippen LogP contribution >= 0.6 is 23.2 Å². The first-order chi connectivity index (χ1) is 12.3. The summed E-state index contributed by atoms with van der Waals surface area (Å²) in [7, 11) is 0. The first-order valence-corrected chi connectivity index (χ1v) is 8.56. The maximum Gasteiger partial charge on any atom is 0.248 e. The van der Waals surface area contributed by atoms with E-state index in [0.717, 1.165) is 0 Å². The summed E-state index contributed by atoms with van der Waals surface area (Å²) in [5.74, 6) is -1.50. The molecule has 3 amide bonds. The Morgan fingerprint density at radius 2 is 1.69 bits per heavy atom. The average molecular weight is 392 g/mol. The van der Waals surface area contributed by atoms with Gasteiger partial charge in [0.05, 0.1) is 5.92 Å². The molecule has 0 aliphatic carbocycles. The summed E-state index contributed by atoms with van der Waals surface area (Å²) in [6.07, 6.45) is 0.0926. The minimum absolute atomic E-state index is 0.0926. The lowest BCUT2D eigenvalue weighted by Gasteiger charge is -2.17. The number of carbonyl (C=O) groups excluding carboxylic acids is 3. The number of nitrogens with one attached hydrogen (secondary N) is 1. The first kappa shape index (κ1) is 18.2. The zero-order valence-electron chi connectivity index (χ0n) is 13.5. The van der Waals surface area contributed by atoms with Crippen LogP contribution in [0.3, 0.4) is 0 Å². The van der Waals surface area contributed by atoms with E-state index in [2.05, 4.69) is 5.32 Å².